The Bertz CT molecular complexity index is 625. The molecule has 2 amide bonds. The first-order chi connectivity index (χ1) is 9.90. The highest BCUT2D eigenvalue weighted by Crippen LogP contribution is 2.47. The molecule has 0 spiro atoms. The lowest BCUT2D eigenvalue weighted by Gasteiger charge is -2.29. The fourth-order valence-corrected chi connectivity index (χ4v) is 4.25. The molecule has 0 radical (unpaired) electrons. The molecule has 1 N–H and O–H groups in total. The van der Waals surface area contributed by atoms with E-state index in [9.17, 15) is 18.4 Å². The van der Waals surface area contributed by atoms with Crippen LogP contribution < -0.4 is 5.32 Å². The van der Waals surface area contributed by atoms with Crippen molar-refractivity contribution in [3.63, 3.8) is 0 Å². The zero-order valence-corrected chi connectivity index (χ0v) is 12.2. The van der Waals surface area contributed by atoms with E-state index in [1.54, 1.807) is 16.7 Å². The molecule has 0 bridgehead atoms. The van der Waals surface area contributed by atoms with Crippen molar-refractivity contribution in [3.05, 3.63) is 29.8 Å². The average molecular weight is 312 g/mol. The van der Waals surface area contributed by atoms with Crippen LogP contribution in [-0.2, 0) is 9.59 Å². The quantitative estimate of drug-likeness (QED) is 0.912. The van der Waals surface area contributed by atoms with Gasteiger partial charge >= 0.3 is 0 Å². The highest BCUT2D eigenvalue weighted by atomic mass is 32.2. The fourth-order valence-electron chi connectivity index (χ4n) is 2.81. The maximum Gasteiger partial charge on any atom is 0.248 e. The van der Waals surface area contributed by atoms with Gasteiger partial charge in [0.25, 0.3) is 0 Å². The van der Waals surface area contributed by atoms with Gasteiger partial charge in [0, 0.05) is 23.9 Å². The second-order valence-corrected chi connectivity index (χ2v) is 6.89. The Morgan fingerprint density at radius 2 is 2.19 bits per heavy atom. The van der Waals surface area contributed by atoms with Gasteiger partial charge in [-0.15, -0.1) is 11.8 Å². The standard InChI is InChI=1S/C14H14F2N2O2S/c1-14-5-4-12(19)18(14)11(7-21-14)13(20)17-8-2-3-9(15)10(16)6-8/h2-3,6,11H,4-5,7H2,1H3,(H,17,20)/t11-,14+/m0/s1. The van der Waals surface area contributed by atoms with Crippen LogP contribution in [0.5, 0.6) is 0 Å². The summed E-state index contributed by atoms with van der Waals surface area (Å²) >= 11 is 1.58. The molecule has 0 aliphatic carbocycles. The smallest absolute Gasteiger partial charge is 0.248 e. The first-order valence-corrected chi connectivity index (χ1v) is 7.61. The number of thioether (sulfide) groups is 1. The van der Waals surface area contributed by atoms with Crippen LogP contribution in [0.4, 0.5) is 14.5 Å². The summed E-state index contributed by atoms with van der Waals surface area (Å²) in [7, 11) is 0. The summed E-state index contributed by atoms with van der Waals surface area (Å²) in [6.45, 7) is 1.95. The van der Waals surface area contributed by atoms with Crippen molar-refractivity contribution < 1.29 is 18.4 Å². The molecule has 0 unspecified atom stereocenters. The van der Waals surface area contributed by atoms with E-state index in [-0.39, 0.29) is 22.4 Å². The van der Waals surface area contributed by atoms with E-state index in [0.29, 0.717) is 12.2 Å². The van der Waals surface area contributed by atoms with Crippen molar-refractivity contribution >= 4 is 29.3 Å². The lowest BCUT2D eigenvalue weighted by Crippen LogP contribution is -2.48. The molecule has 2 heterocycles. The molecule has 2 aliphatic rings. The van der Waals surface area contributed by atoms with Crippen LogP contribution >= 0.6 is 11.8 Å². The molecular weight excluding hydrogens is 298 g/mol. The Kier molecular flexibility index (Phi) is 3.39. The number of hydrogen-bond acceptors (Lipinski definition) is 3. The summed E-state index contributed by atoms with van der Waals surface area (Å²) in [5, 5.41) is 2.55. The Morgan fingerprint density at radius 1 is 1.43 bits per heavy atom. The van der Waals surface area contributed by atoms with Crippen molar-refractivity contribution in [2.45, 2.75) is 30.7 Å². The molecule has 4 nitrogen and oxygen atoms in total. The predicted octanol–water partition coefficient (Wildman–Crippen LogP) is 2.36. The molecule has 112 valence electrons. The molecule has 2 atom stereocenters. The highest BCUT2D eigenvalue weighted by molar-refractivity contribution is 8.01. The monoisotopic (exact) mass is 312 g/mol. The van der Waals surface area contributed by atoms with E-state index in [1.807, 2.05) is 6.92 Å². The van der Waals surface area contributed by atoms with E-state index < -0.39 is 17.7 Å². The molecule has 1 aromatic rings. The number of carbonyl (C=O) groups excluding carboxylic acids is 2. The summed E-state index contributed by atoms with van der Waals surface area (Å²) in [6, 6.07) is 2.62. The average Bonchev–Trinajstić information content (AvgIpc) is 2.91. The van der Waals surface area contributed by atoms with Crippen molar-refractivity contribution in [3.8, 4) is 0 Å². The first kappa shape index (κ1) is 14.3. The molecule has 0 saturated carbocycles. The van der Waals surface area contributed by atoms with Gasteiger partial charge in [-0.3, -0.25) is 9.59 Å². The number of anilines is 1. The third-order valence-corrected chi connectivity index (χ3v) is 5.44. The van der Waals surface area contributed by atoms with Crippen LogP contribution in [0.1, 0.15) is 19.8 Å². The number of benzene rings is 1. The number of fused-ring (bicyclic) bond motifs is 1. The highest BCUT2D eigenvalue weighted by Gasteiger charge is 2.52. The minimum atomic E-state index is -1.02. The van der Waals surface area contributed by atoms with Crippen molar-refractivity contribution in [2.24, 2.45) is 0 Å². The summed E-state index contributed by atoms with van der Waals surface area (Å²) in [5.74, 6) is -1.87. The fraction of sp³-hybridized carbons (Fsp3) is 0.429. The molecular formula is C14H14F2N2O2S. The summed E-state index contributed by atoms with van der Waals surface area (Å²) in [4.78, 5) is 25.5. The number of nitrogens with one attached hydrogen (secondary N) is 1. The maximum atomic E-state index is 13.1. The number of halogens is 2. The molecule has 21 heavy (non-hydrogen) atoms. The number of carbonyl (C=O) groups is 2. The van der Waals surface area contributed by atoms with Gasteiger partial charge in [-0.1, -0.05) is 0 Å². The van der Waals surface area contributed by atoms with Gasteiger partial charge in [0.05, 0.1) is 4.87 Å². The third kappa shape index (κ3) is 2.39. The topological polar surface area (TPSA) is 49.4 Å². The first-order valence-electron chi connectivity index (χ1n) is 6.63. The van der Waals surface area contributed by atoms with E-state index in [1.165, 1.54) is 6.07 Å². The van der Waals surface area contributed by atoms with Crippen LogP contribution in [-0.4, -0.2) is 33.4 Å². The molecule has 0 aromatic heterocycles. The molecule has 2 fully saturated rings. The number of amides is 2. The number of hydrogen-bond donors (Lipinski definition) is 1. The van der Waals surface area contributed by atoms with Gasteiger partial charge in [0.2, 0.25) is 11.8 Å². The van der Waals surface area contributed by atoms with E-state index in [2.05, 4.69) is 5.32 Å². The lowest BCUT2D eigenvalue weighted by atomic mass is 10.2. The summed E-state index contributed by atoms with van der Waals surface area (Å²) < 4.78 is 26.0. The zero-order valence-electron chi connectivity index (χ0n) is 11.4. The minimum Gasteiger partial charge on any atom is -0.324 e. The molecule has 7 heteroatoms. The molecule has 3 rings (SSSR count). The predicted molar refractivity (Wildman–Crippen MR) is 75.7 cm³/mol. The summed E-state index contributed by atoms with van der Waals surface area (Å²) in [5.41, 5.74) is 0.184. The Hall–Kier alpha value is -1.63. The van der Waals surface area contributed by atoms with Crippen molar-refractivity contribution in [2.75, 3.05) is 11.1 Å². The van der Waals surface area contributed by atoms with Crippen LogP contribution in [0.2, 0.25) is 0 Å². The lowest BCUT2D eigenvalue weighted by molar-refractivity contribution is -0.135. The normalized spacial score (nSPS) is 27.9. The summed E-state index contributed by atoms with van der Waals surface area (Å²) in [6.07, 6.45) is 1.17. The maximum absolute atomic E-state index is 13.1. The van der Waals surface area contributed by atoms with Crippen LogP contribution in [0.15, 0.2) is 18.2 Å². The second-order valence-electron chi connectivity index (χ2n) is 5.38. The third-order valence-electron chi connectivity index (χ3n) is 3.93. The van der Waals surface area contributed by atoms with Gasteiger partial charge in [0.15, 0.2) is 11.6 Å². The molecule has 2 aliphatic heterocycles. The Morgan fingerprint density at radius 3 is 2.90 bits per heavy atom. The second kappa shape index (κ2) is 4.98. The van der Waals surface area contributed by atoms with Crippen LogP contribution in [0.3, 0.4) is 0 Å². The van der Waals surface area contributed by atoms with E-state index in [0.717, 1.165) is 18.6 Å². The van der Waals surface area contributed by atoms with Gasteiger partial charge in [0.1, 0.15) is 6.04 Å². The zero-order chi connectivity index (χ0) is 15.2. The van der Waals surface area contributed by atoms with Crippen LogP contribution in [0, 0.1) is 11.6 Å². The van der Waals surface area contributed by atoms with Crippen molar-refractivity contribution in [1.82, 2.24) is 4.90 Å². The van der Waals surface area contributed by atoms with E-state index in [4.69, 9.17) is 0 Å². The number of rotatable bonds is 2. The molecule has 2 saturated heterocycles. The Labute approximate surface area is 124 Å². The van der Waals surface area contributed by atoms with E-state index >= 15 is 0 Å². The van der Waals surface area contributed by atoms with Gasteiger partial charge in [-0.2, -0.15) is 0 Å². The van der Waals surface area contributed by atoms with Gasteiger partial charge in [-0.05, 0) is 25.5 Å². The Balaban J connectivity index is 1.77. The largest absolute Gasteiger partial charge is 0.324 e. The minimum absolute atomic E-state index is 0.0343. The van der Waals surface area contributed by atoms with Crippen LogP contribution in [0.25, 0.3) is 0 Å². The molecule has 1 aromatic carbocycles. The van der Waals surface area contributed by atoms with Gasteiger partial charge in [-0.25, -0.2) is 8.78 Å². The SMILES string of the molecule is C[C@@]12CCC(=O)N1[C@H](C(=O)Nc1ccc(F)c(F)c1)CS2. The van der Waals surface area contributed by atoms with Crippen molar-refractivity contribution in [1.29, 1.82) is 0 Å². The van der Waals surface area contributed by atoms with Gasteiger partial charge < -0.3 is 10.2 Å². The number of nitrogens with zero attached hydrogens (tertiary/aromatic N) is 1.